The van der Waals surface area contributed by atoms with E-state index in [9.17, 15) is 5.11 Å². The van der Waals surface area contributed by atoms with Crippen molar-refractivity contribution >= 4 is 29.9 Å². The number of furan rings is 1. The van der Waals surface area contributed by atoms with Gasteiger partial charge in [-0.15, -0.1) is 24.0 Å². The highest BCUT2D eigenvalue weighted by atomic mass is 127. The van der Waals surface area contributed by atoms with Crippen molar-refractivity contribution in [3.63, 3.8) is 0 Å². The monoisotopic (exact) mass is 493 g/mol. The number of hydrogen-bond acceptors (Lipinski definition) is 4. The summed E-state index contributed by atoms with van der Waals surface area (Å²) in [5.74, 6) is 1.92. The molecule has 2 unspecified atom stereocenters. The SMILES string of the molecule is CCNC(=NCC(C)(O)c1ccco1)NCCC(OCC)C1CCCC1.I. The molecule has 2 rings (SSSR count). The summed E-state index contributed by atoms with van der Waals surface area (Å²) < 4.78 is 11.3. The number of hydrogen-bond donors (Lipinski definition) is 3. The third-order valence-corrected chi connectivity index (χ3v) is 4.97. The van der Waals surface area contributed by atoms with Gasteiger partial charge in [-0.3, -0.25) is 0 Å². The predicted molar refractivity (Wildman–Crippen MR) is 120 cm³/mol. The lowest BCUT2D eigenvalue weighted by Crippen LogP contribution is -2.40. The summed E-state index contributed by atoms with van der Waals surface area (Å²) in [5, 5.41) is 17.1. The fourth-order valence-corrected chi connectivity index (χ4v) is 3.57. The van der Waals surface area contributed by atoms with Gasteiger partial charge in [-0.2, -0.15) is 0 Å². The molecule has 156 valence electrons. The van der Waals surface area contributed by atoms with Crippen molar-refractivity contribution in [1.82, 2.24) is 10.6 Å². The van der Waals surface area contributed by atoms with E-state index < -0.39 is 5.60 Å². The summed E-state index contributed by atoms with van der Waals surface area (Å²) >= 11 is 0. The Morgan fingerprint density at radius 2 is 2.11 bits per heavy atom. The van der Waals surface area contributed by atoms with E-state index in [1.54, 1.807) is 25.3 Å². The maximum absolute atomic E-state index is 10.5. The zero-order chi connectivity index (χ0) is 18.8. The van der Waals surface area contributed by atoms with Crippen LogP contribution in [0.3, 0.4) is 0 Å². The van der Waals surface area contributed by atoms with Gasteiger partial charge in [0.1, 0.15) is 11.4 Å². The van der Waals surface area contributed by atoms with Crippen molar-refractivity contribution in [2.45, 2.75) is 64.6 Å². The number of ether oxygens (including phenoxy) is 1. The van der Waals surface area contributed by atoms with E-state index in [0.29, 0.717) is 23.7 Å². The van der Waals surface area contributed by atoms with Gasteiger partial charge in [-0.05, 0) is 58.1 Å². The van der Waals surface area contributed by atoms with Crippen LogP contribution in [-0.4, -0.2) is 43.4 Å². The van der Waals surface area contributed by atoms with E-state index in [1.165, 1.54) is 25.7 Å². The van der Waals surface area contributed by atoms with Crippen molar-refractivity contribution in [3.05, 3.63) is 24.2 Å². The molecule has 0 saturated heterocycles. The minimum Gasteiger partial charge on any atom is -0.466 e. The van der Waals surface area contributed by atoms with Gasteiger partial charge < -0.3 is 24.9 Å². The van der Waals surface area contributed by atoms with Crippen LogP contribution in [0.1, 0.15) is 58.6 Å². The molecule has 1 aromatic heterocycles. The Labute approximate surface area is 180 Å². The molecule has 1 aliphatic carbocycles. The molecule has 0 aromatic carbocycles. The van der Waals surface area contributed by atoms with Gasteiger partial charge in [-0.1, -0.05) is 12.8 Å². The highest BCUT2D eigenvalue weighted by Gasteiger charge is 2.27. The Hall–Kier alpha value is -0.800. The molecule has 0 amide bonds. The first-order valence-corrected chi connectivity index (χ1v) is 9.97. The zero-order valence-corrected chi connectivity index (χ0v) is 19.2. The lowest BCUT2D eigenvalue weighted by atomic mass is 9.98. The molecule has 1 fully saturated rings. The molecular formula is C20H36IN3O3. The molecule has 2 atom stereocenters. The average molecular weight is 493 g/mol. The summed E-state index contributed by atoms with van der Waals surface area (Å²) in [4.78, 5) is 4.53. The van der Waals surface area contributed by atoms with Crippen LogP contribution < -0.4 is 10.6 Å². The number of aliphatic imine (C=N–C) groups is 1. The number of rotatable bonds is 10. The summed E-state index contributed by atoms with van der Waals surface area (Å²) in [6.07, 6.45) is 8.08. The lowest BCUT2D eigenvalue weighted by molar-refractivity contribution is 0.0169. The topological polar surface area (TPSA) is 79.0 Å². The molecule has 1 saturated carbocycles. The molecular weight excluding hydrogens is 457 g/mol. The first-order chi connectivity index (χ1) is 12.6. The summed E-state index contributed by atoms with van der Waals surface area (Å²) in [6, 6.07) is 3.54. The van der Waals surface area contributed by atoms with E-state index in [0.717, 1.165) is 26.1 Å². The minimum atomic E-state index is -1.12. The van der Waals surface area contributed by atoms with Gasteiger partial charge >= 0.3 is 0 Å². The number of halogens is 1. The number of nitrogens with zero attached hydrogens (tertiary/aromatic N) is 1. The number of aliphatic hydroxyl groups is 1. The quantitative estimate of drug-likeness (QED) is 0.264. The first-order valence-electron chi connectivity index (χ1n) is 9.97. The van der Waals surface area contributed by atoms with Gasteiger partial charge in [0.15, 0.2) is 5.96 Å². The second kappa shape index (κ2) is 12.6. The fourth-order valence-electron chi connectivity index (χ4n) is 3.57. The van der Waals surface area contributed by atoms with Crippen LogP contribution in [0, 0.1) is 5.92 Å². The van der Waals surface area contributed by atoms with Crippen molar-refractivity contribution in [3.8, 4) is 0 Å². The summed E-state index contributed by atoms with van der Waals surface area (Å²) in [7, 11) is 0. The molecule has 0 spiro atoms. The van der Waals surface area contributed by atoms with Gasteiger partial charge in [-0.25, -0.2) is 4.99 Å². The second-order valence-corrected chi connectivity index (χ2v) is 7.20. The Morgan fingerprint density at radius 3 is 2.70 bits per heavy atom. The smallest absolute Gasteiger partial charge is 0.191 e. The number of nitrogens with one attached hydrogen (secondary N) is 2. The van der Waals surface area contributed by atoms with Crippen LogP contribution in [0.4, 0.5) is 0 Å². The molecule has 1 aromatic rings. The molecule has 1 aliphatic rings. The highest BCUT2D eigenvalue weighted by molar-refractivity contribution is 14.0. The maximum atomic E-state index is 10.5. The Bertz CT molecular complexity index is 529. The summed E-state index contributed by atoms with van der Waals surface area (Å²) in [6.45, 7) is 8.38. The lowest BCUT2D eigenvalue weighted by Gasteiger charge is -2.24. The zero-order valence-electron chi connectivity index (χ0n) is 16.9. The standard InChI is InChI=1S/C20H35N3O3.HI/c1-4-21-19(23-15-20(3,24)18-11-8-14-26-18)22-13-12-17(25-5-2)16-9-6-7-10-16;/h8,11,14,16-17,24H,4-7,9-10,12-13,15H2,1-3H3,(H2,21,22,23);1H. The molecule has 0 bridgehead atoms. The highest BCUT2D eigenvalue weighted by Crippen LogP contribution is 2.30. The van der Waals surface area contributed by atoms with Crippen molar-refractivity contribution in [1.29, 1.82) is 0 Å². The van der Waals surface area contributed by atoms with E-state index in [-0.39, 0.29) is 30.5 Å². The van der Waals surface area contributed by atoms with E-state index >= 15 is 0 Å². The van der Waals surface area contributed by atoms with Crippen LogP contribution in [-0.2, 0) is 10.3 Å². The summed E-state index contributed by atoms with van der Waals surface area (Å²) in [5.41, 5.74) is -1.12. The molecule has 7 heteroatoms. The minimum absolute atomic E-state index is 0. The Balaban J connectivity index is 0.00000364. The molecule has 0 aliphatic heterocycles. The first kappa shape index (κ1) is 24.2. The van der Waals surface area contributed by atoms with Crippen LogP contribution in [0.5, 0.6) is 0 Å². The number of guanidine groups is 1. The van der Waals surface area contributed by atoms with E-state index in [1.807, 2.05) is 6.92 Å². The van der Waals surface area contributed by atoms with Gasteiger partial charge in [0.05, 0.1) is 18.9 Å². The molecule has 3 N–H and O–H groups in total. The van der Waals surface area contributed by atoms with Crippen molar-refractivity contribution in [2.24, 2.45) is 10.9 Å². The third-order valence-electron chi connectivity index (χ3n) is 4.97. The van der Waals surface area contributed by atoms with Crippen molar-refractivity contribution in [2.75, 3.05) is 26.2 Å². The van der Waals surface area contributed by atoms with Gasteiger partial charge in [0.2, 0.25) is 0 Å². The maximum Gasteiger partial charge on any atom is 0.191 e. The Kier molecular flexibility index (Phi) is 11.3. The van der Waals surface area contributed by atoms with Gasteiger partial charge in [0, 0.05) is 19.7 Å². The van der Waals surface area contributed by atoms with Crippen LogP contribution in [0.15, 0.2) is 27.8 Å². The van der Waals surface area contributed by atoms with E-state index in [4.69, 9.17) is 9.15 Å². The van der Waals surface area contributed by atoms with E-state index in [2.05, 4.69) is 22.5 Å². The molecule has 6 nitrogen and oxygen atoms in total. The third kappa shape index (κ3) is 7.99. The van der Waals surface area contributed by atoms with Crippen LogP contribution in [0.25, 0.3) is 0 Å². The normalized spacial score (nSPS) is 18.6. The van der Waals surface area contributed by atoms with Crippen LogP contribution >= 0.6 is 24.0 Å². The fraction of sp³-hybridized carbons (Fsp3) is 0.750. The largest absolute Gasteiger partial charge is 0.466 e. The molecule has 27 heavy (non-hydrogen) atoms. The predicted octanol–water partition coefficient (Wildman–Crippen LogP) is 3.65. The molecule has 0 radical (unpaired) electrons. The molecule has 1 heterocycles. The average Bonchev–Trinajstić information content (AvgIpc) is 3.32. The van der Waals surface area contributed by atoms with Crippen LogP contribution in [0.2, 0.25) is 0 Å². The van der Waals surface area contributed by atoms with Gasteiger partial charge in [0.25, 0.3) is 0 Å². The van der Waals surface area contributed by atoms with Crippen molar-refractivity contribution < 1.29 is 14.3 Å². The second-order valence-electron chi connectivity index (χ2n) is 7.20. The Morgan fingerprint density at radius 1 is 1.37 bits per heavy atom.